The summed E-state index contributed by atoms with van der Waals surface area (Å²) < 4.78 is 10.6. The van der Waals surface area contributed by atoms with E-state index in [2.05, 4.69) is 27.4 Å². The molecule has 0 saturated carbocycles. The van der Waals surface area contributed by atoms with Crippen molar-refractivity contribution in [3.63, 3.8) is 0 Å². The molecule has 2 N–H and O–H groups in total. The third-order valence-corrected chi connectivity index (χ3v) is 4.97. The number of benzene rings is 1. The molecule has 3 heterocycles. The number of aliphatic imine (C=N–C) groups is 1. The van der Waals surface area contributed by atoms with Gasteiger partial charge in [-0.25, -0.2) is 4.99 Å². The molecule has 27 heavy (non-hydrogen) atoms. The predicted molar refractivity (Wildman–Crippen MR) is 98.9 cm³/mol. The average Bonchev–Trinajstić information content (AvgIpc) is 3.15. The van der Waals surface area contributed by atoms with Crippen LogP contribution < -0.4 is 20.1 Å². The summed E-state index contributed by atoms with van der Waals surface area (Å²) >= 11 is 0. The van der Waals surface area contributed by atoms with Crippen molar-refractivity contribution >= 4 is 23.5 Å². The lowest BCUT2D eigenvalue weighted by molar-refractivity contribution is -0.125. The zero-order chi connectivity index (χ0) is 18.8. The smallest absolute Gasteiger partial charge is 0.249 e. The second kappa shape index (κ2) is 7.43. The maximum Gasteiger partial charge on any atom is 0.249 e. The topological polar surface area (TPSA) is 95.5 Å². The number of carbonyl (C=O) groups excluding carboxylic acids is 2. The lowest BCUT2D eigenvalue weighted by atomic mass is 10.1. The van der Waals surface area contributed by atoms with Crippen LogP contribution in [0.1, 0.15) is 13.3 Å². The average molecular weight is 373 g/mol. The highest BCUT2D eigenvalue weighted by atomic mass is 16.7. The molecule has 1 unspecified atom stereocenters. The summed E-state index contributed by atoms with van der Waals surface area (Å²) in [6, 6.07) is 4.44. The van der Waals surface area contributed by atoms with E-state index in [0.717, 1.165) is 32.7 Å². The Kier molecular flexibility index (Phi) is 4.85. The first-order valence-corrected chi connectivity index (χ1v) is 9.18. The molecule has 3 aliphatic rings. The number of piperazine rings is 1. The Morgan fingerprint density at radius 3 is 2.81 bits per heavy atom. The molecule has 9 heteroatoms. The minimum absolute atomic E-state index is 0.0365. The third-order valence-electron chi connectivity index (χ3n) is 4.97. The number of guanidine groups is 1. The van der Waals surface area contributed by atoms with Crippen LogP contribution in [-0.2, 0) is 9.59 Å². The Balaban J connectivity index is 1.44. The first-order valence-electron chi connectivity index (χ1n) is 9.18. The summed E-state index contributed by atoms with van der Waals surface area (Å²) in [5.74, 6) is 1.23. The van der Waals surface area contributed by atoms with Crippen LogP contribution in [-0.4, -0.2) is 73.1 Å². The number of anilines is 1. The van der Waals surface area contributed by atoms with Crippen molar-refractivity contribution in [2.24, 2.45) is 4.99 Å². The Morgan fingerprint density at radius 1 is 1.26 bits per heavy atom. The highest BCUT2D eigenvalue weighted by Gasteiger charge is 2.30. The van der Waals surface area contributed by atoms with Crippen molar-refractivity contribution in [2.45, 2.75) is 19.4 Å². The Bertz CT molecular complexity index is 773. The maximum absolute atomic E-state index is 12.6. The lowest BCUT2D eigenvalue weighted by Crippen LogP contribution is -2.56. The standard InChI is InChI=1S/C18H23N5O4/c1-2-22-5-7-23(8-6-22)18-20-13(10-16(24)21-18)17(25)19-12-3-4-14-15(9-12)27-11-26-14/h3-4,9,13H,2,5-8,10-11H2,1H3,(H,19,25)(H,20,21,24). The molecule has 1 aromatic rings. The number of rotatable bonds is 3. The van der Waals surface area contributed by atoms with Crippen LogP contribution >= 0.6 is 0 Å². The number of hydrogen-bond donors (Lipinski definition) is 2. The van der Waals surface area contributed by atoms with E-state index in [1.54, 1.807) is 18.2 Å². The zero-order valence-electron chi connectivity index (χ0n) is 15.2. The largest absolute Gasteiger partial charge is 0.454 e. The molecule has 0 bridgehead atoms. The monoisotopic (exact) mass is 373 g/mol. The van der Waals surface area contributed by atoms with Crippen molar-refractivity contribution in [2.75, 3.05) is 44.8 Å². The number of fused-ring (bicyclic) bond motifs is 1. The summed E-state index contributed by atoms with van der Waals surface area (Å²) in [5.41, 5.74) is 0.587. The van der Waals surface area contributed by atoms with E-state index in [9.17, 15) is 9.59 Å². The molecule has 1 atom stereocenters. The molecule has 9 nitrogen and oxygen atoms in total. The van der Waals surface area contributed by atoms with E-state index in [4.69, 9.17) is 9.47 Å². The van der Waals surface area contributed by atoms with Gasteiger partial charge in [-0.3, -0.25) is 14.9 Å². The van der Waals surface area contributed by atoms with Crippen LogP contribution in [0.5, 0.6) is 11.5 Å². The normalized spacial score (nSPS) is 22.3. The van der Waals surface area contributed by atoms with E-state index in [1.807, 2.05) is 4.90 Å². The number of hydrogen-bond acceptors (Lipinski definition) is 7. The summed E-state index contributed by atoms with van der Waals surface area (Å²) in [6.45, 7) is 6.71. The molecule has 1 saturated heterocycles. The molecule has 0 radical (unpaired) electrons. The predicted octanol–water partition coefficient (Wildman–Crippen LogP) is 0.236. The molecule has 0 aliphatic carbocycles. The van der Waals surface area contributed by atoms with Gasteiger partial charge in [-0.15, -0.1) is 0 Å². The second-order valence-corrected chi connectivity index (χ2v) is 6.70. The fourth-order valence-electron chi connectivity index (χ4n) is 3.36. The highest BCUT2D eigenvalue weighted by Crippen LogP contribution is 2.34. The van der Waals surface area contributed by atoms with Gasteiger partial charge in [0.25, 0.3) is 0 Å². The van der Waals surface area contributed by atoms with Gasteiger partial charge in [0, 0.05) is 37.9 Å². The molecule has 0 spiro atoms. The zero-order valence-corrected chi connectivity index (χ0v) is 15.2. The number of amides is 2. The lowest BCUT2D eigenvalue weighted by Gasteiger charge is -2.37. The van der Waals surface area contributed by atoms with Gasteiger partial charge in [-0.05, 0) is 18.7 Å². The van der Waals surface area contributed by atoms with E-state index in [-0.39, 0.29) is 25.0 Å². The summed E-state index contributed by atoms with van der Waals surface area (Å²) in [7, 11) is 0. The van der Waals surface area contributed by atoms with Gasteiger partial charge >= 0.3 is 0 Å². The SMILES string of the molecule is CCN1CCN(C2=NC(C(=O)Nc3ccc4c(c3)OCO4)CC(=O)N2)CC1. The van der Waals surface area contributed by atoms with Gasteiger partial charge < -0.3 is 24.6 Å². The molecule has 1 aromatic carbocycles. The molecule has 144 valence electrons. The number of carbonyl (C=O) groups is 2. The number of ether oxygens (including phenoxy) is 2. The molecule has 2 amide bonds. The van der Waals surface area contributed by atoms with Gasteiger partial charge in [0.1, 0.15) is 6.04 Å². The van der Waals surface area contributed by atoms with Crippen molar-refractivity contribution in [3.05, 3.63) is 18.2 Å². The molecule has 0 aromatic heterocycles. The van der Waals surface area contributed by atoms with Gasteiger partial charge in [-0.2, -0.15) is 0 Å². The molecular formula is C18H23N5O4. The Labute approximate surface area is 157 Å². The van der Waals surface area contributed by atoms with Gasteiger partial charge in [0.05, 0.1) is 6.42 Å². The van der Waals surface area contributed by atoms with E-state index in [1.165, 1.54) is 0 Å². The maximum atomic E-state index is 12.6. The van der Waals surface area contributed by atoms with Crippen LogP contribution in [0, 0.1) is 0 Å². The quantitative estimate of drug-likeness (QED) is 0.788. The van der Waals surface area contributed by atoms with E-state index >= 15 is 0 Å². The van der Waals surface area contributed by atoms with Crippen LogP contribution in [0.4, 0.5) is 5.69 Å². The minimum Gasteiger partial charge on any atom is -0.454 e. The molecule has 4 rings (SSSR count). The minimum atomic E-state index is -0.747. The van der Waals surface area contributed by atoms with Crippen LogP contribution in [0.15, 0.2) is 23.2 Å². The fraction of sp³-hybridized carbons (Fsp3) is 0.500. The van der Waals surface area contributed by atoms with Crippen LogP contribution in [0.25, 0.3) is 0 Å². The number of nitrogens with one attached hydrogen (secondary N) is 2. The summed E-state index contributed by atoms with van der Waals surface area (Å²) in [6.07, 6.45) is 0.0365. The molecular weight excluding hydrogens is 350 g/mol. The second-order valence-electron chi connectivity index (χ2n) is 6.70. The number of likely N-dealkylation sites (N-methyl/N-ethyl adjacent to an activating group) is 1. The summed E-state index contributed by atoms with van der Waals surface area (Å²) in [5, 5.41) is 5.62. The van der Waals surface area contributed by atoms with Crippen molar-refractivity contribution < 1.29 is 19.1 Å². The van der Waals surface area contributed by atoms with Crippen LogP contribution in [0.3, 0.4) is 0 Å². The van der Waals surface area contributed by atoms with Crippen molar-refractivity contribution in [3.8, 4) is 11.5 Å². The molecule has 3 aliphatic heterocycles. The van der Waals surface area contributed by atoms with Gasteiger partial charge in [0.2, 0.25) is 24.6 Å². The van der Waals surface area contributed by atoms with Crippen LogP contribution in [0.2, 0.25) is 0 Å². The van der Waals surface area contributed by atoms with Crippen molar-refractivity contribution in [1.29, 1.82) is 0 Å². The first-order chi connectivity index (χ1) is 13.1. The van der Waals surface area contributed by atoms with Gasteiger partial charge in [-0.1, -0.05) is 6.92 Å². The first kappa shape index (κ1) is 17.6. The summed E-state index contributed by atoms with van der Waals surface area (Å²) in [4.78, 5) is 33.6. The van der Waals surface area contributed by atoms with Crippen molar-refractivity contribution in [1.82, 2.24) is 15.1 Å². The molecule has 1 fully saturated rings. The third kappa shape index (κ3) is 3.82. The van der Waals surface area contributed by atoms with E-state index in [0.29, 0.717) is 23.1 Å². The number of nitrogens with zero attached hydrogens (tertiary/aromatic N) is 3. The van der Waals surface area contributed by atoms with E-state index < -0.39 is 6.04 Å². The highest BCUT2D eigenvalue weighted by molar-refractivity contribution is 6.06. The Hall–Kier alpha value is -2.81. The fourth-order valence-corrected chi connectivity index (χ4v) is 3.36. The van der Waals surface area contributed by atoms with Gasteiger partial charge in [0.15, 0.2) is 11.5 Å². The Morgan fingerprint density at radius 2 is 2.04 bits per heavy atom.